The van der Waals surface area contributed by atoms with Crippen LogP contribution in [0.1, 0.15) is 155 Å². The number of quaternary nitrogens is 1. The van der Waals surface area contributed by atoms with Gasteiger partial charge >= 0.3 is 0 Å². The van der Waals surface area contributed by atoms with Crippen molar-refractivity contribution in [3.63, 3.8) is 0 Å². The molecule has 190 valence electrons. The van der Waals surface area contributed by atoms with Crippen LogP contribution >= 0.6 is 0 Å². The van der Waals surface area contributed by atoms with Crippen LogP contribution in [0, 0.1) is 0 Å². The molecule has 3 heteroatoms. The van der Waals surface area contributed by atoms with E-state index in [1.54, 1.807) is 0 Å². The van der Waals surface area contributed by atoms with Crippen LogP contribution < -0.4 is 5.73 Å². The van der Waals surface area contributed by atoms with Gasteiger partial charge in [-0.1, -0.05) is 142 Å². The second-order valence-electron chi connectivity index (χ2n) is 10.8. The molecule has 0 aromatic heterocycles. The summed E-state index contributed by atoms with van der Waals surface area (Å²) in [5.74, 6) is 1.35. The standard InChI is InChI=1S/C29H60N3/c1-3-4-5-6-7-8-9-10-11-12-13-14-15-16-17-18-19-20-21-22-23-24-25-29-31-26-27-32(29,2)28-30/h3-28,30H2,1-2H3/q+1. The molecule has 0 saturated heterocycles. The van der Waals surface area contributed by atoms with Crippen molar-refractivity contribution in [3.8, 4) is 0 Å². The molecule has 2 N–H and O–H groups in total. The maximum absolute atomic E-state index is 5.93. The van der Waals surface area contributed by atoms with Gasteiger partial charge in [-0.3, -0.25) is 10.2 Å². The Hall–Kier alpha value is -0.410. The smallest absolute Gasteiger partial charge is 0.199 e. The molecule has 1 aliphatic rings. The lowest BCUT2D eigenvalue weighted by atomic mass is 10.0. The molecular formula is C29H60N3+. The van der Waals surface area contributed by atoms with E-state index in [4.69, 9.17) is 10.7 Å². The third kappa shape index (κ3) is 15.4. The molecule has 0 saturated carbocycles. The zero-order valence-electron chi connectivity index (χ0n) is 22.4. The zero-order chi connectivity index (χ0) is 23.2. The summed E-state index contributed by atoms with van der Waals surface area (Å²) < 4.78 is 0.888. The number of aliphatic imine (C=N–C) groups is 1. The lowest BCUT2D eigenvalue weighted by molar-refractivity contribution is -0.814. The van der Waals surface area contributed by atoms with E-state index in [1.165, 1.54) is 147 Å². The van der Waals surface area contributed by atoms with E-state index < -0.39 is 0 Å². The van der Waals surface area contributed by atoms with Crippen molar-refractivity contribution in [1.82, 2.24) is 0 Å². The van der Waals surface area contributed by atoms with E-state index >= 15 is 0 Å². The Morgan fingerprint density at radius 1 is 0.594 bits per heavy atom. The van der Waals surface area contributed by atoms with Gasteiger partial charge in [0, 0.05) is 6.42 Å². The summed E-state index contributed by atoms with van der Waals surface area (Å²) >= 11 is 0. The summed E-state index contributed by atoms with van der Waals surface area (Å²) in [5.41, 5.74) is 5.93. The quantitative estimate of drug-likeness (QED) is 0.116. The highest BCUT2D eigenvalue weighted by atomic mass is 15.4. The van der Waals surface area contributed by atoms with Crippen molar-refractivity contribution in [2.45, 2.75) is 155 Å². The van der Waals surface area contributed by atoms with Gasteiger partial charge in [-0.2, -0.15) is 0 Å². The van der Waals surface area contributed by atoms with Crippen molar-refractivity contribution in [3.05, 3.63) is 0 Å². The fourth-order valence-corrected chi connectivity index (χ4v) is 5.14. The Kier molecular flexibility index (Phi) is 19.6. The topological polar surface area (TPSA) is 38.4 Å². The molecule has 1 unspecified atom stereocenters. The van der Waals surface area contributed by atoms with Gasteiger partial charge in [-0.15, -0.1) is 0 Å². The molecule has 0 aromatic carbocycles. The number of nitrogens with zero attached hydrogens (tertiary/aromatic N) is 2. The molecule has 1 atom stereocenters. The number of hydrogen-bond acceptors (Lipinski definition) is 2. The molecule has 0 spiro atoms. The Morgan fingerprint density at radius 2 is 0.938 bits per heavy atom. The lowest BCUT2D eigenvalue weighted by Crippen LogP contribution is -2.50. The van der Waals surface area contributed by atoms with Crippen molar-refractivity contribution < 1.29 is 4.48 Å². The van der Waals surface area contributed by atoms with Crippen LogP contribution in [0.15, 0.2) is 4.99 Å². The fourth-order valence-electron chi connectivity index (χ4n) is 5.14. The van der Waals surface area contributed by atoms with Crippen LogP contribution in [-0.4, -0.2) is 37.1 Å². The largest absolute Gasteiger partial charge is 0.284 e. The summed E-state index contributed by atoms with van der Waals surface area (Å²) in [4.78, 5) is 4.69. The minimum atomic E-state index is 0.706. The zero-order valence-corrected chi connectivity index (χ0v) is 22.4. The Morgan fingerprint density at radius 3 is 1.28 bits per heavy atom. The summed E-state index contributed by atoms with van der Waals surface area (Å²) in [6, 6.07) is 0. The molecule has 3 nitrogen and oxygen atoms in total. The predicted molar refractivity (Wildman–Crippen MR) is 144 cm³/mol. The van der Waals surface area contributed by atoms with E-state index in [0.29, 0.717) is 6.67 Å². The molecule has 0 radical (unpaired) electrons. The van der Waals surface area contributed by atoms with Crippen molar-refractivity contribution in [1.29, 1.82) is 0 Å². The highest BCUT2D eigenvalue weighted by Gasteiger charge is 2.31. The highest BCUT2D eigenvalue weighted by molar-refractivity contribution is 5.76. The molecule has 0 amide bonds. The first-order chi connectivity index (χ1) is 15.7. The minimum Gasteiger partial charge on any atom is -0.284 e. The first-order valence-corrected chi connectivity index (χ1v) is 14.8. The summed E-state index contributed by atoms with van der Waals surface area (Å²) in [5, 5.41) is 0. The molecule has 0 aromatic rings. The van der Waals surface area contributed by atoms with Gasteiger partial charge in [0.1, 0.15) is 13.2 Å². The van der Waals surface area contributed by atoms with E-state index in [2.05, 4.69) is 14.0 Å². The average Bonchev–Trinajstić information content (AvgIpc) is 3.18. The third-order valence-corrected chi connectivity index (χ3v) is 7.67. The normalized spacial score (nSPS) is 18.4. The second-order valence-corrected chi connectivity index (χ2v) is 10.8. The summed E-state index contributed by atoms with van der Waals surface area (Å²) in [6.45, 7) is 5.08. The Bertz CT molecular complexity index is 434. The number of hydrogen-bond donors (Lipinski definition) is 1. The lowest BCUT2D eigenvalue weighted by Gasteiger charge is -2.28. The first kappa shape index (κ1) is 29.6. The van der Waals surface area contributed by atoms with Gasteiger partial charge in [0.15, 0.2) is 5.84 Å². The number of rotatable bonds is 24. The molecule has 1 rings (SSSR count). The van der Waals surface area contributed by atoms with Crippen LogP contribution in [0.2, 0.25) is 0 Å². The Labute approximate surface area is 202 Å². The summed E-state index contributed by atoms with van der Waals surface area (Å²) in [7, 11) is 2.24. The molecule has 0 aliphatic carbocycles. The van der Waals surface area contributed by atoms with Crippen LogP contribution in [0.3, 0.4) is 0 Å². The monoisotopic (exact) mass is 450 g/mol. The highest BCUT2D eigenvalue weighted by Crippen LogP contribution is 2.18. The van der Waals surface area contributed by atoms with Crippen molar-refractivity contribution >= 4 is 5.84 Å². The average molecular weight is 451 g/mol. The van der Waals surface area contributed by atoms with Crippen LogP contribution in [-0.2, 0) is 0 Å². The van der Waals surface area contributed by atoms with Gasteiger partial charge in [0.05, 0.1) is 13.6 Å². The van der Waals surface area contributed by atoms with Crippen LogP contribution in [0.4, 0.5) is 0 Å². The maximum Gasteiger partial charge on any atom is 0.199 e. The fraction of sp³-hybridized carbons (Fsp3) is 0.966. The van der Waals surface area contributed by atoms with Gasteiger partial charge in [-0.05, 0) is 6.42 Å². The van der Waals surface area contributed by atoms with E-state index in [0.717, 1.165) is 24.0 Å². The number of likely N-dealkylation sites (N-methyl/N-ethyl adjacent to an activating group) is 1. The molecular weight excluding hydrogens is 390 g/mol. The molecule has 1 heterocycles. The van der Waals surface area contributed by atoms with Crippen LogP contribution in [0.5, 0.6) is 0 Å². The number of nitrogens with two attached hydrogens (primary N) is 1. The van der Waals surface area contributed by atoms with Gasteiger partial charge in [0.25, 0.3) is 0 Å². The predicted octanol–water partition coefficient (Wildman–Crippen LogP) is 8.75. The van der Waals surface area contributed by atoms with E-state index in [-0.39, 0.29) is 0 Å². The van der Waals surface area contributed by atoms with Crippen molar-refractivity contribution in [2.24, 2.45) is 10.7 Å². The molecule has 1 aliphatic heterocycles. The number of amidine groups is 1. The maximum atomic E-state index is 5.93. The summed E-state index contributed by atoms with van der Waals surface area (Å²) in [6.07, 6.45) is 33.0. The van der Waals surface area contributed by atoms with Gasteiger partial charge < -0.3 is 0 Å². The molecule has 32 heavy (non-hydrogen) atoms. The first-order valence-electron chi connectivity index (χ1n) is 14.8. The van der Waals surface area contributed by atoms with Gasteiger partial charge in [0.2, 0.25) is 0 Å². The third-order valence-electron chi connectivity index (χ3n) is 7.67. The second kappa shape index (κ2) is 21.1. The minimum absolute atomic E-state index is 0.706. The Balaban J connectivity index is 1.70. The number of unbranched alkanes of at least 4 members (excludes halogenated alkanes) is 21. The molecule has 0 bridgehead atoms. The van der Waals surface area contributed by atoms with E-state index in [1.807, 2.05) is 0 Å². The molecule has 0 fully saturated rings. The van der Waals surface area contributed by atoms with Gasteiger partial charge in [-0.25, -0.2) is 4.99 Å². The van der Waals surface area contributed by atoms with Crippen LogP contribution in [0.25, 0.3) is 0 Å². The van der Waals surface area contributed by atoms with Crippen molar-refractivity contribution in [2.75, 3.05) is 26.8 Å². The SMILES string of the molecule is CCCCCCCCCCCCCCCCCCCCCCCCC1=NCC[N+]1(C)CN. The van der Waals surface area contributed by atoms with E-state index in [9.17, 15) is 0 Å².